The fourth-order valence-electron chi connectivity index (χ4n) is 6.07. The average Bonchev–Trinajstić information content (AvgIpc) is 3.55. The van der Waals surface area contributed by atoms with Gasteiger partial charge in [-0.15, -0.1) is 0 Å². The highest BCUT2D eigenvalue weighted by Crippen LogP contribution is 2.41. The number of hydrogen-bond donors (Lipinski definition) is 2. The number of benzene rings is 1. The molecule has 0 bridgehead atoms. The van der Waals surface area contributed by atoms with Crippen LogP contribution >= 0.6 is 0 Å². The van der Waals surface area contributed by atoms with E-state index in [0.29, 0.717) is 24.7 Å². The molecule has 0 radical (unpaired) electrons. The second kappa shape index (κ2) is 9.56. The van der Waals surface area contributed by atoms with Gasteiger partial charge in [0.1, 0.15) is 0 Å². The maximum Gasteiger partial charge on any atom is 0.317 e. The van der Waals surface area contributed by atoms with E-state index in [0.717, 1.165) is 79.9 Å². The Bertz CT molecular complexity index is 1380. The van der Waals surface area contributed by atoms with Gasteiger partial charge in [0.2, 0.25) is 0 Å². The maximum absolute atomic E-state index is 12.6. The van der Waals surface area contributed by atoms with Crippen LogP contribution in [0.4, 0.5) is 16.3 Å². The molecule has 0 aliphatic carbocycles. The van der Waals surface area contributed by atoms with Gasteiger partial charge in [-0.3, -0.25) is 9.36 Å². The largest absolute Gasteiger partial charge is 0.341 e. The normalized spacial score (nSPS) is 17.8. The summed E-state index contributed by atoms with van der Waals surface area (Å²) in [7, 11) is 3.57. The molecule has 6 rings (SSSR count). The molecule has 5 heterocycles. The van der Waals surface area contributed by atoms with Gasteiger partial charge in [-0.25, -0.2) is 4.79 Å². The molecular weight excluding hydrogens is 466 g/mol. The molecule has 3 aromatic rings. The first-order valence-corrected chi connectivity index (χ1v) is 13.2. The molecule has 3 aliphatic rings. The lowest BCUT2D eigenvalue weighted by Gasteiger charge is -2.33. The van der Waals surface area contributed by atoms with Gasteiger partial charge < -0.3 is 20.4 Å². The van der Waals surface area contributed by atoms with Crippen LogP contribution in [0.1, 0.15) is 47.7 Å². The second-order valence-corrected chi connectivity index (χ2v) is 10.2. The van der Waals surface area contributed by atoms with Crippen molar-refractivity contribution < 1.29 is 4.79 Å². The van der Waals surface area contributed by atoms with Gasteiger partial charge in [-0.1, -0.05) is 0 Å². The number of aryl methyl sites for hydroxylation is 2. The zero-order chi connectivity index (χ0) is 25.5. The Kier molecular flexibility index (Phi) is 6.08. The Hall–Kier alpha value is -3.84. The van der Waals surface area contributed by atoms with Crippen molar-refractivity contribution in [3.8, 4) is 17.2 Å². The van der Waals surface area contributed by atoms with Crippen molar-refractivity contribution in [3.05, 3.63) is 46.9 Å². The number of piperidine rings is 1. The molecule has 1 saturated heterocycles. The number of urea groups is 1. The lowest BCUT2D eigenvalue weighted by molar-refractivity contribution is 0.193. The Morgan fingerprint density at radius 1 is 1.22 bits per heavy atom. The quantitative estimate of drug-likeness (QED) is 0.574. The van der Waals surface area contributed by atoms with Crippen LogP contribution in [0, 0.1) is 11.3 Å². The van der Waals surface area contributed by atoms with Crippen molar-refractivity contribution >= 4 is 17.5 Å². The molecule has 3 aliphatic heterocycles. The summed E-state index contributed by atoms with van der Waals surface area (Å²) in [5.41, 5.74) is 7.16. The molecule has 2 N–H and O–H groups in total. The summed E-state index contributed by atoms with van der Waals surface area (Å²) in [5, 5.41) is 25.9. The van der Waals surface area contributed by atoms with E-state index in [1.165, 1.54) is 11.3 Å². The SMILES string of the molecule is CNC(=O)N1CCc2c(c(N3CCCc4cc(-c5cnn(C)c5)c(C#N)cc43)nn2C2CCNCC2)C1. The number of anilines is 2. The highest BCUT2D eigenvalue weighted by Gasteiger charge is 2.34. The first-order valence-electron chi connectivity index (χ1n) is 13.2. The fourth-order valence-corrected chi connectivity index (χ4v) is 6.07. The summed E-state index contributed by atoms with van der Waals surface area (Å²) >= 11 is 0. The van der Waals surface area contributed by atoms with Crippen LogP contribution in [-0.4, -0.2) is 63.7 Å². The molecule has 2 amide bonds. The number of carbonyl (C=O) groups excluding carboxylic acids is 1. The van der Waals surface area contributed by atoms with Crippen molar-refractivity contribution in [2.24, 2.45) is 7.05 Å². The van der Waals surface area contributed by atoms with E-state index < -0.39 is 0 Å². The minimum absolute atomic E-state index is 0.0573. The molecule has 192 valence electrons. The minimum atomic E-state index is -0.0573. The standard InChI is InChI=1S/C27H33N9O/c1-29-27(37)34-11-7-24-23(17-34)26(32-36(24)21-5-8-30-9-6-21)35-10-3-4-18-12-22(19(14-28)13-25(18)35)20-15-31-33(2)16-20/h12-13,15-16,21,30H,3-11,17H2,1-2H3,(H,29,37). The van der Waals surface area contributed by atoms with Gasteiger partial charge >= 0.3 is 6.03 Å². The third-order valence-electron chi connectivity index (χ3n) is 7.95. The zero-order valence-corrected chi connectivity index (χ0v) is 21.5. The number of hydrogen-bond acceptors (Lipinski definition) is 6. The molecule has 0 atom stereocenters. The Labute approximate surface area is 216 Å². The summed E-state index contributed by atoms with van der Waals surface area (Å²) in [6.07, 6.45) is 8.61. The van der Waals surface area contributed by atoms with Crippen LogP contribution in [-0.2, 0) is 26.4 Å². The Balaban J connectivity index is 1.45. The summed E-state index contributed by atoms with van der Waals surface area (Å²) in [4.78, 5) is 16.7. The van der Waals surface area contributed by atoms with Crippen LogP contribution in [0.2, 0.25) is 0 Å². The van der Waals surface area contributed by atoms with E-state index in [1.54, 1.807) is 11.7 Å². The predicted molar refractivity (Wildman–Crippen MR) is 141 cm³/mol. The van der Waals surface area contributed by atoms with Crippen LogP contribution in [0.5, 0.6) is 0 Å². The van der Waals surface area contributed by atoms with Crippen molar-refractivity contribution in [1.82, 2.24) is 35.1 Å². The molecule has 1 aromatic carbocycles. The van der Waals surface area contributed by atoms with Gasteiger partial charge in [0.15, 0.2) is 5.82 Å². The molecular formula is C27H33N9O. The van der Waals surface area contributed by atoms with Gasteiger partial charge in [-0.05, 0) is 56.5 Å². The fraction of sp³-hybridized carbons (Fsp3) is 0.481. The summed E-state index contributed by atoms with van der Waals surface area (Å²) in [5.74, 6) is 0.932. The topological polar surface area (TPSA) is 107 Å². The van der Waals surface area contributed by atoms with Gasteiger partial charge in [0.25, 0.3) is 0 Å². The van der Waals surface area contributed by atoms with Gasteiger partial charge in [-0.2, -0.15) is 15.5 Å². The van der Waals surface area contributed by atoms with E-state index >= 15 is 0 Å². The second-order valence-electron chi connectivity index (χ2n) is 10.2. The lowest BCUT2D eigenvalue weighted by atomic mass is 9.93. The first kappa shape index (κ1) is 23.6. The number of nitrogens with zero attached hydrogens (tertiary/aromatic N) is 7. The summed E-state index contributed by atoms with van der Waals surface area (Å²) in [6.45, 7) is 4.05. The molecule has 1 fully saturated rings. The van der Waals surface area contributed by atoms with Crippen molar-refractivity contribution in [2.75, 3.05) is 38.1 Å². The van der Waals surface area contributed by atoms with Crippen LogP contribution in [0.15, 0.2) is 24.5 Å². The lowest BCUT2D eigenvalue weighted by Crippen LogP contribution is -2.42. The van der Waals surface area contributed by atoms with E-state index in [4.69, 9.17) is 5.10 Å². The predicted octanol–water partition coefficient (Wildman–Crippen LogP) is 2.86. The van der Waals surface area contributed by atoms with Crippen molar-refractivity contribution in [3.63, 3.8) is 0 Å². The number of aromatic nitrogens is 4. The van der Waals surface area contributed by atoms with Crippen LogP contribution < -0.4 is 15.5 Å². The molecule has 2 aromatic heterocycles. The molecule has 10 nitrogen and oxygen atoms in total. The van der Waals surface area contributed by atoms with E-state index in [1.807, 2.05) is 30.4 Å². The summed E-state index contributed by atoms with van der Waals surface area (Å²) in [6, 6.07) is 6.90. The van der Waals surface area contributed by atoms with Crippen LogP contribution in [0.3, 0.4) is 0 Å². The monoisotopic (exact) mass is 499 g/mol. The molecule has 0 unspecified atom stereocenters. The number of nitriles is 1. The third kappa shape index (κ3) is 4.13. The Morgan fingerprint density at radius 3 is 2.78 bits per heavy atom. The van der Waals surface area contributed by atoms with Crippen LogP contribution in [0.25, 0.3) is 11.1 Å². The summed E-state index contributed by atoms with van der Waals surface area (Å²) < 4.78 is 4.02. The number of carbonyl (C=O) groups is 1. The smallest absolute Gasteiger partial charge is 0.317 e. The van der Waals surface area contributed by atoms with Crippen molar-refractivity contribution in [1.29, 1.82) is 5.26 Å². The maximum atomic E-state index is 12.6. The van der Waals surface area contributed by atoms with Gasteiger partial charge in [0, 0.05) is 67.9 Å². The van der Waals surface area contributed by atoms with Gasteiger partial charge in [0.05, 0.1) is 30.4 Å². The number of nitrogens with one attached hydrogen (secondary N) is 2. The van der Waals surface area contributed by atoms with E-state index in [9.17, 15) is 10.1 Å². The minimum Gasteiger partial charge on any atom is -0.341 e. The molecule has 0 spiro atoms. The Morgan fingerprint density at radius 2 is 2.05 bits per heavy atom. The number of rotatable bonds is 3. The van der Waals surface area contributed by atoms with E-state index in [2.05, 4.69) is 37.4 Å². The highest BCUT2D eigenvalue weighted by molar-refractivity contribution is 5.79. The first-order chi connectivity index (χ1) is 18.1. The molecule has 0 saturated carbocycles. The highest BCUT2D eigenvalue weighted by atomic mass is 16.2. The zero-order valence-electron chi connectivity index (χ0n) is 21.5. The number of fused-ring (bicyclic) bond motifs is 2. The molecule has 10 heteroatoms. The average molecular weight is 500 g/mol. The third-order valence-corrected chi connectivity index (χ3v) is 7.95. The number of amides is 2. The van der Waals surface area contributed by atoms with Crippen molar-refractivity contribution in [2.45, 2.75) is 44.7 Å². The van der Waals surface area contributed by atoms with E-state index in [-0.39, 0.29) is 6.03 Å². The molecule has 37 heavy (non-hydrogen) atoms.